The largest absolute Gasteiger partial charge is 0.493 e. The lowest BCUT2D eigenvalue weighted by molar-refractivity contribution is -0.126. The van der Waals surface area contributed by atoms with E-state index in [1.807, 2.05) is 25.1 Å². The normalized spacial score (nSPS) is 11.4. The number of carbonyl (C=O) groups excluding carboxylic acids is 2. The zero-order chi connectivity index (χ0) is 20.0. The number of amides is 1. The monoisotopic (exact) mass is 391 g/mol. The quantitative estimate of drug-likeness (QED) is 0.668. The van der Waals surface area contributed by atoms with Gasteiger partial charge in [0.25, 0.3) is 5.91 Å². The standard InChI is InChI=1S/C20H22ClNO5/c1-5-26-18-16(21)11-14(12-17(18)25-4)20(24)27-13(2)19(23)22(3)15-9-7-6-8-10-15/h6-13H,5H2,1-4H3/t13-/m1/s1. The molecule has 2 aromatic rings. The molecular formula is C20H22ClNO5. The van der Waals surface area contributed by atoms with Gasteiger partial charge < -0.3 is 19.1 Å². The van der Waals surface area contributed by atoms with Gasteiger partial charge in [-0.05, 0) is 38.1 Å². The lowest BCUT2D eigenvalue weighted by atomic mass is 10.2. The summed E-state index contributed by atoms with van der Waals surface area (Å²) in [5.41, 5.74) is 0.874. The Bertz CT molecular complexity index is 810. The number of likely N-dealkylation sites (N-methyl/N-ethyl adjacent to an activating group) is 1. The zero-order valence-corrected chi connectivity index (χ0v) is 16.4. The molecule has 0 aliphatic heterocycles. The number of methoxy groups -OCH3 is 1. The summed E-state index contributed by atoms with van der Waals surface area (Å²) in [6.45, 7) is 3.73. The maximum Gasteiger partial charge on any atom is 0.339 e. The van der Waals surface area contributed by atoms with Crippen molar-refractivity contribution < 1.29 is 23.8 Å². The molecular weight excluding hydrogens is 370 g/mol. The van der Waals surface area contributed by atoms with E-state index < -0.39 is 12.1 Å². The van der Waals surface area contributed by atoms with Crippen LogP contribution in [0.4, 0.5) is 5.69 Å². The Morgan fingerprint density at radius 3 is 2.44 bits per heavy atom. The van der Waals surface area contributed by atoms with Gasteiger partial charge in [0.1, 0.15) is 0 Å². The van der Waals surface area contributed by atoms with Gasteiger partial charge in [-0.15, -0.1) is 0 Å². The molecule has 0 saturated carbocycles. The molecule has 2 rings (SSSR count). The predicted molar refractivity (Wildman–Crippen MR) is 104 cm³/mol. The van der Waals surface area contributed by atoms with E-state index in [1.54, 1.807) is 19.2 Å². The first kappa shape index (κ1) is 20.6. The van der Waals surface area contributed by atoms with Crippen LogP contribution in [0.15, 0.2) is 42.5 Å². The number of hydrogen-bond donors (Lipinski definition) is 0. The maximum absolute atomic E-state index is 12.5. The molecule has 0 bridgehead atoms. The third kappa shape index (κ3) is 4.92. The van der Waals surface area contributed by atoms with E-state index in [9.17, 15) is 9.59 Å². The van der Waals surface area contributed by atoms with Crippen LogP contribution in [0, 0.1) is 0 Å². The number of hydrogen-bond acceptors (Lipinski definition) is 5. The Hall–Kier alpha value is -2.73. The fourth-order valence-electron chi connectivity index (χ4n) is 2.45. The number of anilines is 1. The molecule has 6 nitrogen and oxygen atoms in total. The molecule has 2 aromatic carbocycles. The molecule has 27 heavy (non-hydrogen) atoms. The summed E-state index contributed by atoms with van der Waals surface area (Å²) in [4.78, 5) is 26.4. The van der Waals surface area contributed by atoms with Crippen molar-refractivity contribution in [2.24, 2.45) is 0 Å². The van der Waals surface area contributed by atoms with Gasteiger partial charge in [0.2, 0.25) is 0 Å². The molecule has 7 heteroatoms. The number of esters is 1. The van der Waals surface area contributed by atoms with E-state index in [1.165, 1.54) is 31.1 Å². The van der Waals surface area contributed by atoms with Gasteiger partial charge in [0.05, 0.1) is 24.3 Å². The lowest BCUT2D eigenvalue weighted by Crippen LogP contribution is -2.37. The molecule has 0 aromatic heterocycles. The van der Waals surface area contributed by atoms with E-state index in [-0.39, 0.29) is 16.5 Å². The van der Waals surface area contributed by atoms with Crippen LogP contribution < -0.4 is 14.4 Å². The molecule has 0 radical (unpaired) electrons. The molecule has 0 fully saturated rings. The summed E-state index contributed by atoms with van der Waals surface area (Å²) in [5.74, 6) is -0.359. The third-order valence-corrected chi connectivity index (χ3v) is 4.14. The van der Waals surface area contributed by atoms with Crippen LogP contribution in [0.3, 0.4) is 0 Å². The van der Waals surface area contributed by atoms with E-state index >= 15 is 0 Å². The van der Waals surface area contributed by atoms with Crippen molar-refractivity contribution in [3.05, 3.63) is 53.1 Å². The average molecular weight is 392 g/mol. The SMILES string of the molecule is CCOc1c(Cl)cc(C(=O)O[C@H](C)C(=O)N(C)c2ccccc2)cc1OC. The van der Waals surface area contributed by atoms with E-state index in [4.69, 9.17) is 25.8 Å². The molecule has 0 unspecified atom stereocenters. The number of carbonyl (C=O) groups is 2. The van der Waals surface area contributed by atoms with Crippen LogP contribution in [-0.2, 0) is 9.53 Å². The highest BCUT2D eigenvalue weighted by atomic mass is 35.5. The van der Waals surface area contributed by atoms with Gasteiger partial charge >= 0.3 is 5.97 Å². The summed E-state index contributed by atoms with van der Waals surface area (Å²) in [6.07, 6.45) is -0.973. The molecule has 0 spiro atoms. The second-order valence-electron chi connectivity index (χ2n) is 5.70. The fourth-order valence-corrected chi connectivity index (χ4v) is 2.72. The molecule has 0 heterocycles. The molecule has 1 amide bonds. The molecule has 1 atom stereocenters. The van der Waals surface area contributed by atoms with Crippen LogP contribution in [-0.4, -0.2) is 38.7 Å². The minimum atomic E-state index is -0.973. The van der Waals surface area contributed by atoms with Gasteiger partial charge in [0, 0.05) is 12.7 Å². The molecule has 0 saturated heterocycles. The summed E-state index contributed by atoms with van der Waals surface area (Å²) in [6, 6.07) is 12.0. The highest BCUT2D eigenvalue weighted by Crippen LogP contribution is 2.36. The zero-order valence-electron chi connectivity index (χ0n) is 15.7. The van der Waals surface area contributed by atoms with Crippen molar-refractivity contribution in [2.45, 2.75) is 20.0 Å². The molecule has 144 valence electrons. The highest BCUT2D eigenvalue weighted by molar-refractivity contribution is 6.32. The second kappa shape index (κ2) is 9.28. The van der Waals surface area contributed by atoms with Crippen molar-refractivity contribution in [3.8, 4) is 11.5 Å². The Kier molecular flexibility index (Phi) is 7.07. The summed E-state index contributed by atoms with van der Waals surface area (Å²) < 4.78 is 16.0. The minimum absolute atomic E-state index is 0.169. The molecule has 0 N–H and O–H groups in total. The summed E-state index contributed by atoms with van der Waals surface area (Å²) in [5, 5.41) is 0.225. The Balaban J connectivity index is 2.14. The van der Waals surface area contributed by atoms with E-state index in [2.05, 4.69) is 0 Å². The van der Waals surface area contributed by atoms with Gasteiger partial charge in [-0.3, -0.25) is 4.79 Å². The van der Waals surface area contributed by atoms with Crippen LogP contribution in [0.2, 0.25) is 5.02 Å². The van der Waals surface area contributed by atoms with Crippen LogP contribution >= 0.6 is 11.6 Å². The second-order valence-corrected chi connectivity index (χ2v) is 6.11. The van der Waals surface area contributed by atoms with Crippen molar-refractivity contribution in [2.75, 3.05) is 25.7 Å². The first-order valence-corrected chi connectivity index (χ1v) is 8.80. The van der Waals surface area contributed by atoms with Gasteiger partial charge in [-0.25, -0.2) is 4.79 Å². The third-order valence-electron chi connectivity index (χ3n) is 3.86. The number of ether oxygens (including phenoxy) is 3. The van der Waals surface area contributed by atoms with Crippen molar-refractivity contribution in [3.63, 3.8) is 0 Å². The topological polar surface area (TPSA) is 65.1 Å². The van der Waals surface area contributed by atoms with Gasteiger partial charge in [0.15, 0.2) is 17.6 Å². The first-order chi connectivity index (χ1) is 12.9. The van der Waals surface area contributed by atoms with Crippen LogP contribution in [0.1, 0.15) is 24.2 Å². The molecule has 0 aliphatic rings. The van der Waals surface area contributed by atoms with E-state index in [0.717, 1.165) is 0 Å². The minimum Gasteiger partial charge on any atom is -0.493 e. The van der Waals surface area contributed by atoms with Crippen LogP contribution in [0.5, 0.6) is 11.5 Å². The summed E-state index contributed by atoms with van der Waals surface area (Å²) in [7, 11) is 3.07. The van der Waals surface area contributed by atoms with Gasteiger partial charge in [-0.1, -0.05) is 29.8 Å². The van der Waals surface area contributed by atoms with Crippen molar-refractivity contribution >= 4 is 29.2 Å². The number of benzene rings is 2. The first-order valence-electron chi connectivity index (χ1n) is 8.43. The number of rotatable bonds is 7. The van der Waals surface area contributed by atoms with E-state index in [0.29, 0.717) is 23.8 Å². The van der Waals surface area contributed by atoms with Crippen molar-refractivity contribution in [1.82, 2.24) is 0 Å². The van der Waals surface area contributed by atoms with Crippen molar-refractivity contribution in [1.29, 1.82) is 0 Å². The Morgan fingerprint density at radius 2 is 1.85 bits per heavy atom. The molecule has 0 aliphatic carbocycles. The average Bonchev–Trinajstić information content (AvgIpc) is 2.68. The summed E-state index contributed by atoms with van der Waals surface area (Å²) >= 11 is 6.18. The number of halogens is 1. The smallest absolute Gasteiger partial charge is 0.339 e. The lowest BCUT2D eigenvalue weighted by Gasteiger charge is -2.21. The predicted octanol–water partition coefficient (Wildman–Crippen LogP) is 3.96. The Labute approximate surface area is 163 Å². The maximum atomic E-state index is 12.5. The van der Waals surface area contributed by atoms with Crippen LogP contribution in [0.25, 0.3) is 0 Å². The Morgan fingerprint density at radius 1 is 1.19 bits per heavy atom. The van der Waals surface area contributed by atoms with Gasteiger partial charge in [-0.2, -0.15) is 0 Å². The fraction of sp³-hybridized carbons (Fsp3) is 0.300. The number of para-hydroxylation sites is 1. The highest BCUT2D eigenvalue weighted by Gasteiger charge is 2.24. The number of nitrogens with zero attached hydrogens (tertiary/aromatic N) is 1.